The number of hydrogen-bond acceptors (Lipinski definition) is 2. The van der Waals surface area contributed by atoms with E-state index >= 15 is 0 Å². The number of hydrogen-bond donors (Lipinski definition) is 2. The van der Waals surface area contributed by atoms with Crippen molar-refractivity contribution in [2.45, 2.75) is 59.9 Å². The summed E-state index contributed by atoms with van der Waals surface area (Å²) in [5, 5.41) is 11.8. The van der Waals surface area contributed by atoms with Crippen LogP contribution in [0.4, 0.5) is 4.79 Å². The Bertz CT molecular complexity index is 301. The number of nitrogens with zero attached hydrogens (tertiary/aromatic N) is 1. The third kappa shape index (κ3) is 6.78. The maximum Gasteiger partial charge on any atom is 0.326 e. The van der Waals surface area contributed by atoms with Crippen molar-refractivity contribution in [3.8, 4) is 0 Å². The molecule has 0 heterocycles. The first-order valence-corrected chi connectivity index (χ1v) is 7.63. The van der Waals surface area contributed by atoms with Gasteiger partial charge in [-0.15, -0.1) is 0 Å². The lowest BCUT2D eigenvalue weighted by Crippen LogP contribution is -2.49. The van der Waals surface area contributed by atoms with Crippen LogP contribution in [-0.2, 0) is 4.79 Å². The molecule has 118 valence electrons. The summed E-state index contributed by atoms with van der Waals surface area (Å²) < 4.78 is 0. The number of carbonyl (C=O) groups excluding carboxylic acids is 1. The molecule has 0 bridgehead atoms. The van der Waals surface area contributed by atoms with Crippen LogP contribution >= 0.6 is 0 Å². The Kier molecular flexibility index (Phi) is 9.01. The van der Waals surface area contributed by atoms with Crippen LogP contribution < -0.4 is 5.32 Å². The van der Waals surface area contributed by atoms with Crippen molar-refractivity contribution in [3.63, 3.8) is 0 Å². The summed E-state index contributed by atoms with van der Waals surface area (Å²) in [6.07, 6.45) is 2.49. The minimum atomic E-state index is -0.967. The molecule has 5 heteroatoms. The second-order valence-electron chi connectivity index (χ2n) is 5.69. The van der Waals surface area contributed by atoms with Crippen molar-refractivity contribution >= 4 is 12.0 Å². The van der Waals surface area contributed by atoms with Crippen LogP contribution in [0, 0.1) is 11.8 Å². The minimum Gasteiger partial charge on any atom is -0.480 e. The molecular weight excluding hydrogens is 256 g/mol. The molecule has 0 aromatic carbocycles. The Morgan fingerprint density at radius 1 is 1.15 bits per heavy atom. The van der Waals surface area contributed by atoms with Gasteiger partial charge in [0, 0.05) is 13.1 Å². The normalized spacial score (nSPS) is 12.6. The fraction of sp³-hybridized carbons (Fsp3) is 0.867. The van der Waals surface area contributed by atoms with Crippen molar-refractivity contribution in [1.82, 2.24) is 10.2 Å². The van der Waals surface area contributed by atoms with E-state index in [2.05, 4.69) is 19.2 Å². The number of aliphatic carboxylic acids is 1. The van der Waals surface area contributed by atoms with E-state index in [4.69, 9.17) is 5.11 Å². The Balaban J connectivity index is 4.62. The molecule has 0 aliphatic heterocycles. The summed E-state index contributed by atoms with van der Waals surface area (Å²) >= 11 is 0. The van der Waals surface area contributed by atoms with Gasteiger partial charge in [-0.3, -0.25) is 0 Å². The number of carbonyl (C=O) groups is 2. The van der Waals surface area contributed by atoms with E-state index in [-0.39, 0.29) is 11.9 Å². The highest BCUT2D eigenvalue weighted by atomic mass is 16.4. The molecule has 0 aromatic heterocycles. The van der Waals surface area contributed by atoms with Crippen molar-refractivity contribution in [3.05, 3.63) is 0 Å². The molecular formula is C15H30N2O3. The van der Waals surface area contributed by atoms with Crippen LogP contribution in [0.3, 0.4) is 0 Å². The lowest BCUT2D eigenvalue weighted by molar-refractivity contribution is -0.139. The first-order valence-electron chi connectivity index (χ1n) is 7.63. The molecule has 0 saturated carbocycles. The number of carboxylic acids is 1. The van der Waals surface area contributed by atoms with Crippen molar-refractivity contribution in [2.75, 3.05) is 13.1 Å². The lowest BCUT2D eigenvalue weighted by atomic mass is 10.0. The highest BCUT2D eigenvalue weighted by molar-refractivity contribution is 5.82. The number of rotatable bonds is 9. The van der Waals surface area contributed by atoms with E-state index in [1.807, 2.05) is 20.8 Å². The minimum absolute atomic E-state index is 0.227. The molecule has 0 rings (SSSR count). The molecule has 0 unspecified atom stereocenters. The molecule has 0 aromatic rings. The van der Waals surface area contributed by atoms with Crippen LogP contribution in [0.15, 0.2) is 0 Å². The van der Waals surface area contributed by atoms with Crippen LogP contribution in [-0.4, -0.2) is 41.1 Å². The number of amides is 2. The molecule has 0 radical (unpaired) electrons. The van der Waals surface area contributed by atoms with Crippen LogP contribution in [0.1, 0.15) is 53.9 Å². The Morgan fingerprint density at radius 2 is 1.70 bits per heavy atom. The highest BCUT2D eigenvalue weighted by Crippen LogP contribution is 2.11. The highest BCUT2D eigenvalue weighted by Gasteiger charge is 2.24. The Hall–Kier alpha value is -1.26. The molecule has 0 aliphatic carbocycles. The van der Waals surface area contributed by atoms with Gasteiger partial charge in [0.1, 0.15) is 6.04 Å². The number of nitrogens with one attached hydrogen (secondary N) is 1. The van der Waals surface area contributed by atoms with Crippen molar-refractivity contribution in [1.29, 1.82) is 0 Å². The summed E-state index contributed by atoms with van der Waals surface area (Å²) in [5.74, 6) is -0.273. The monoisotopic (exact) mass is 286 g/mol. The first kappa shape index (κ1) is 18.7. The fourth-order valence-corrected chi connectivity index (χ4v) is 2.15. The van der Waals surface area contributed by atoms with E-state index in [9.17, 15) is 9.59 Å². The van der Waals surface area contributed by atoms with Gasteiger partial charge in [0.05, 0.1) is 0 Å². The van der Waals surface area contributed by atoms with E-state index in [1.54, 1.807) is 4.90 Å². The summed E-state index contributed by atoms with van der Waals surface area (Å²) in [4.78, 5) is 25.1. The third-order valence-electron chi connectivity index (χ3n) is 3.61. The summed E-state index contributed by atoms with van der Waals surface area (Å²) in [6.45, 7) is 11.3. The molecule has 1 atom stereocenters. The average Bonchev–Trinajstić information content (AvgIpc) is 2.38. The van der Waals surface area contributed by atoms with E-state index in [0.29, 0.717) is 25.4 Å². The van der Waals surface area contributed by atoms with Gasteiger partial charge in [-0.05, 0) is 25.2 Å². The standard InChI is InChI=1S/C15H30N2O3/c1-6-12(7-2)10-17(8-3)15(20)16-13(14(18)19)9-11(4)5/h11-13H,6-10H2,1-5H3,(H,16,20)(H,18,19)/t13-/m0/s1. The van der Waals surface area contributed by atoms with Gasteiger partial charge in [0.15, 0.2) is 0 Å². The van der Waals surface area contributed by atoms with Crippen LogP contribution in [0.25, 0.3) is 0 Å². The zero-order chi connectivity index (χ0) is 15.7. The molecule has 2 N–H and O–H groups in total. The van der Waals surface area contributed by atoms with Gasteiger partial charge in [-0.2, -0.15) is 0 Å². The van der Waals surface area contributed by atoms with Gasteiger partial charge < -0.3 is 15.3 Å². The van der Waals surface area contributed by atoms with E-state index in [1.165, 1.54) is 0 Å². The van der Waals surface area contributed by atoms with Crippen LogP contribution in [0.5, 0.6) is 0 Å². The quantitative estimate of drug-likeness (QED) is 0.684. The smallest absolute Gasteiger partial charge is 0.326 e. The topological polar surface area (TPSA) is 69.6 Å². The summed E-state index contributed by atoms with van der Waals surface area (Å²) in [6, 6.07) is -1.08. The van der Waals surface area contributed by atoms with Gasteiger partial charge >= 0.3 is 12.0 Å². The van der Waals surface area contributed by atoms with Gasteiger partial charge in [-0.1, -0.05) is 40.5 Å². The van der Waals surface area contributed by atoms with E-state index in [0.717, 1.165) is 12.8 Å². The van der Waals surface area contributed by atoms with Gasteiger partial charge in [-0.25, -0.2) is 9.59 Å². The average molecular weight is 286 g/mol. The molecule has 0 spiro atoms. The van der Waals surface area contributed by atoms with Crippen molar-refractivity contribution in [2.24, 2.45) is 11.8 Å². The van der Waals surface area contributed by atoms with Gasteiger partial charge in [0.25, 0.3) is 0 Å². The summed E-state index contributed by atoms with van der Waals surface area (Å²) in [5.41, 5.74) is 0. The number of urea groups is 1. The second kappa shape index (κ2) is 9.61. The Labute approximate surface area is 122 Å². The molecule has 20 heavy (non-hydrogen) atoms. The maximum absolute atomic E-state index is 12.2. The Morgan fingerprint density at radius 3 is 2.05 bits per heavy atom. The molecule has 2 amide bonds. The predicted octanol–water partition coefficient (Wildman–Crippen LogP) is 2.95. The summed E-state index contributed by atoms with van der Waals surface area (Å²) in [7, 11) is 0. The fourth-order valence-electron chi connectivity index (χ4n) is 2.15. The first-order chi connectivity index (χ1) is 9.35. The zero-order valence-electron chi connectivity index (χ0n) is 13.5. The largest absolute Gasteiger partial charge is 0.480 e. The predicted molar refractivity (Wildman–Crippen MR) is 80.7 cm³/mol. The zero-order valence-corrected chi connectivity index (χ0v) is 13.5. The number of carboxylic acid groups (broad SMARTS) is 1. The van der Waals surface area contributed by atoms with Crippen molar-refractivity contribution < 1.29 is 14.7 Å². The molecule has 0 saturated heterocycles. The van der Waals surface area contributed by atoms with E-state index < -0.39 is 12.0 Å². The third-order valence-corrected chi connectivity index (χ3v) is 3.61. The molecule has 5 nitrogen and oxygen atoms in total. The van der Waals surface area contributed by atoms with Crippen LogP contribution in [0.2, 0.25) is 0 Å². The second-order valence-corrected chi connectivity index (χ2v) is 5.69. The molecule has 0 fully saturated rings. The lowest BCUT2D eigenvalue weighted by Gasteiger charge is -2.27. The molecule has 0 aliphatic rings. The maximum atomic E-state index is 12.2. The van der Waals surface area contributed by atoms with Gasteiger partial charge in [0.2, 0.25) is 0 Å². The SMILES string of the molecule is CCC(CC)CN(CC)C(=O)N[C@@H](CC(C)C)C(=O)O.